The van der Waals surface area contributed by atoms with E-state index in [0.717, 1.165) is 19.6 Å². The lowest BCUT2D eigenvalue weighted by Gasteiger charge is -2.42. The Morgan fingerprint density at radius 1 is 1.33 bits per heavy atom. The number of benzene rings is 1. The molecule has 1 aromatic rings. The second kappa shape index (κ2) is 5.39. The molecule has 18 heavy (non-hydrogen) atoms. The Labute approximate surface area is 110 Å². The molecule has 1 aliphatic rings. The van der Waals surface area contributed by atoms with Gasteiger partial charge in [0.05, 0.1) is 11.7 Å². The molecule has 1 atom stereocenters. The summed E-state index contributed by atoms with van der Waals surface area (Å²) < 4.78 is 5.93. The SMILES string of the molecule is CC1CN(Cc2ccccc2CN)CC(C)(C)O1. The fraction of sp³-hybridized carbons (Fsp3) is 0.600. The van der Waals surface area contributed by atoms with Gasteiger partial charge in [-0.25, -0.2) is 0 Å². The van der Waals surface area contributed by atoms with Crippen molar-refractivity contribution in [2.45, 2.75) is 45.6 Å². The molecular formula is C15H24N2O. The van der Waals surface area contributed by atoms with E-state index in [1.807, 2.05) is 0 Å². The number of hydrogen-bond donors (Lipinski definition) is 1. The van der Waals surface area contributed by atoms with Crippen LogP contribution in [-0.2, 0) is 17.8 Å². The Balaban J connectivity index is 2.09. The van der Waals surface area contributed by atoms with E-state index in [1.54, 1.807) is 0 Å². The highest BCUT2D eigenvalue weighted by atomic mass is 16.5. The zero-order valence-corrected chi connectivity index (χ0v) is 11.6. The summed E-state index contributed by atoms with van der Waals surface area (Å²) in [7, 11) is 0. The molecule has 0 spiro atoms. The molecule has 1 aromatic carbocycles. The lowest BCUT2D eigenvalue weighted by Crippen LogP contribution is -2.51. The maximum Gasteiger partial charge on any atom is 0.0757 e. The van der Waals surface area contributed by atoms with E-state index in [4.69, 9.17) is 10.5 Å². The number of rotatable bonds is 3. The summed E-state index contributed by atoms with van der Waals surface area (Å²) in [6.07, 6.45) is 0.291. The molecule has 1 fully saturated rings. The van der Waals surface area contributed by atoms with Crippen molar-refractivity contribution in [1.29, 1.82) is 0 Å². The first-order valence-electron chi connectivity index (χ1n) is 6.67. The monoisotopic (exact) mass is 248 g/mol. The van der Waals surface area contributed by atoms with Gasteiger partial charge in [-0.05, 0) is 31.9 Å². The number of ether oxygens (including phenoxy) is 1. The Morgan fingerprint density at radius 3 is 2.61 bits per heavy atom. The van der Waals surface area contributed by atoms with Gasteiger partial charge in [0.2, 0.25) is 0 Å². The van der Waals surface area contributed by atoms with Crippen LogP contribution in [0, 0.1) is 0 Å². The Hall–Kier alpha value is -0.900. The van der Waals surface area contributed by atoms with Crippen LogP contribution in [0.25, 0.3) is 0 Å². The van der Waals surface area contributed by atoms with Gasteiger partial charge in [-0.15, -0.1) is 0 Å². The van der Waals surface area contributed by atoms with Crippen LogP contribution >= 0.6 is 0 Å². The van der Waals surface area contributed by atoms with E-state index in [1.165, 1.54) is 11.1 Å². The first-order chi connectivity index (χ1) is 8.50. The average molecular weight is 248 g/mol. The van der Waals surface area contributed by atoms with Crippen molar-refractivity contribution in [2.24, 2.45) is 5.73 Å². The van der Waals surface area contributed by atoms with Crippen LogP contribution in [0.15, 0.2) is 24.3 Å². The number of nitrogens with two attached hydrogens (primary N) is 1. The van der Waals surface area contributed by atoms with Crippen LogP contribution in [0.5, 0.6) is 0 Å². The summed E-state index contributed by atoms with van der Waals surface area (Å²) in [4.78, 5) is 2.46. The van der Waals surface area contributed by atoms with E-state index in [2.05, 4.69) is 49.9 Å². The van der Waals surface area contributed by atoms with Crippen molar-refractivity contribution in [2.75, 3.05) is 13.1 Å². The third-order valence-electron chi connectivity index (χ3n) is 3.37. The number of hydrogen-bond acceptors (Lipinski definition) is 3. The molecule has 1 heterocycles. The van der Waals surface area contributed by atoms with Crippen LogP contribution in [0.4, 0.5) is 0 Å². The van der Waals surface area contributed by atoms with Crippen LogP contribution in [0.1, 0.15) is 31.9 Å². The van der Waals surface area contributed by atoms with Crippen LogP contribution < -0.4 is 5.73 Å². The molecule has 3 nitrogen and oxygen atoms in total. The van der Waals surface area contributed by atoms with Gasteiger partial charge >= 0.3 is 0 Å². The van der Waals surface area contributed by atoms with Crippen LogP contribution in [0.3, 0.4) is 0 Å². The van der Waals surface area contributed by atoms with Crippen LogP contribution in [-0.4, -0.2) is 29.7 Å². The standard InChI is InChI=1S/C15H24N2O/c1-12-9-17(11-15(2,3)18-12)10-14-7-5-4-6-13(14)8-16/h4-7,12H,8-11,16H2,1-3H3. The minimum Gasteiger partial charge on any atom is -0.370 e. The van der Waals surface area contributed by atoms with E-state index in [0.29, 0.717) is 12.6 Å². The highest BCUT2D eigenvalue weighted by molar-refractivity contribution is 5.26. The maximum atomic E-state index is 5.93. The molecule has 0 aromatic heterocycles. The molecule has 100 valence electrons. The molecule has 2 N–H and O–H groups in total. The summed E-state index contributed by atoms with van der Waals surface area (Å²) in [5.74, 6) is 0. The van der Waals surface area contributed by atoms with E-state index in [9.17, 15) is 0 Å². The Kier molecular flexibility index (Phi) is 4.05. The third kappa shape index (κ3) is 3.31. The predicted molar refractivity (Wildman–Crippen MR) is 74.2 cm³/mol. The highest BCUT2D eigenvalue weighted by Gasteiger charge is 2.31. The zero-order chi connectivity index (χ0) is 13.2. The minimum atomic E-state index is -0.0602. The summed E-state index contributed by atoms with van der Waals surface area (Å²) in [6, 6.07) is 8.43. The maximum absolute atomic E-state index is 5.93. The van der Waals surface area contributed by atoms with Crippen molar-refractivity contribution in [3.8, 4) is 0 Å². The van der Waals surface area contributed by atoms with Gasteiger partial charge in [0.15, 0.2) is 0 Å². The first kappa shape index (κ1) is 13.5. The lowest BCUT2D eigenvalue weighted by molar-refractivity contribution is -0.130. The number of morpholine rings is 1. The molecule has 0 aliphatic carbocycles. The van der Waals surface area contributed by atoms with Crippen molar-refractivity contribution < 1.29 is 4.74 Å². The quantitative estimate of drug-likeness (QED) is 0.890. The third-order valence-corrected chi connectivity index (χ3v) is 3.37. The van der Waals surface area contributed by atoms with Gasteiger partial charge in [-0.3, -0.25) is 4.90 Å². The second-order valence-electron chi connectivity index (χ2n) is 5.83. The molecule has 0 saturated carbocycles. The van der Waals surface area contributed by atoms with Gasteiger partial charge in [0.1, 0.15) is 0 Å². The fourth-order valence-corrected chi connectivity index (χ4v) is 2.86. The van der Waals surface area contributed by atoms with Gasteiger partial charge in [-0.1, -0.05) is 24.3 Å². The zero-order valence-electron chi connectivity index (χ0n) is 11.6. The summed E-state index contributed by atoms with van der Waals surface area (Å²) in [5, 5.41) is 0. The Bertz CT molecular complexity index is 403. The molecule has 1 aliphatic heterocycles. The molecule has 2 rings (SSSR count). The minimum absolute atomic E-state index is 0.0602. The summed E-state index contributed by atoms with van der Waals surface area (Å²) in [6.45, 7) is 9.99. The van der Waals surface area contributed by atoms with Gasteiger partial charge in [-0.2, -0.15) is 0 Å². The van der Waals surface area contributed by atoms with Crippen molar-refractivity contribution >= 4 is 0 Å². The number of nitrogens with zero attached hydrogens (tertiary/aromatic N) is 1. The first-order valence-corrected chi connectivity index (χ1v) is 6.67. The topological polar surface area (TPSA) is 38.5 Å². The van der Waals surface area contributed by atoms with Crippen molar-refractivity contribution in [3.63, 3.8) is 0 Å². The van der Waals surface area contributed by atoms with Crippen LogP contribution in [0.2, 0.25) is 0 Å². The second-order valence-corrected chi connectivity index (χ2v) is 5.83. The molecule has 0 bridgehead atoms. The van der Waals surface area contributed by atoms with Crippen molar-refractivity contribution in [3.05, 3.63) is 35.4 Å². The highest BCUT2D eigenvalue weighted by Crippen LogP contribution is 2.23. The Morgan fingerprint density at radius 2 is 2.00 bits per heavy atom. The van der Waals surface area contributed by atoms with E-state index >= 15 is 0 Å². The summed E-state index contributed by atoms with van der Waals surface area (Å²) in [5.41, 5.74) is 8.32. The normalized spacial score (nSPS) is 24.1. The van der Waals surface area contributed by atoms with Gasteiger partial charge < -0.3 is 10.5 Å². The lowest BCUT2D eigenvalue weighted by atomic mass is 10.0. The average Bonchev–Trinajstić information content (AvgIpc) is 2.27. The van der Waals surface area contributed by atoms with Gasteiger partial charge in [0.25, 0.3) is 0 Å². The van der Waals surface area contributed by atoms with E-state index < -0.39 is 0 Å². The largest absolute Gasteiger partial charge is 0.370 e. The smallest absolute Gasteiger partial charge is 0.0757 e. The van der Waals surface area contributed by atoms with E-state index in [-0.39, 0.29) is 5.60 Å². The molecule has 0 radical (unpaired) electrons. The van der Waals surface area contributed by atoms with Gasteiger partial charge in [0, 0.05) is 26.2 Å². The predicted octanol–water partition coefficient (Wildman–Crippen LogP) is 2.14. The van der Waals surface area contributed by atoms with Crippen molar-refractivity contribution in [1.82, 2.24) is 4.90 Å². The summed E-state index contributed by atoms with van der Waals surface area (Å²) >= 11 is 0. The molecule has 3 heteroatoms. The fourth-order valence-electron chi connectivity index (χ4n) is 2.86. The molecular weight excluding hydrogens is 224 g/mol. The molecule has 0 amide bonds. The molecule has 1 saturated heterocycles. The molecule has 1 unspecified atom stereocenters.